The third-order valence-electron chi connectivity index (χ3n) is 3.62. The minimum Gasteiger partial charge on any atom is -0.388 e. The Balaban J connectivity index is 2.01. The quantitative estimate of drug-likeness (QED) is 0.783. The summed E-state index contributed by atoms with van der Waals surface area (Å²) in [7, 11) is 0. The van der Waals surface area contributed by atoms with Crippen molar-refractivity contribution in [1.82, 2.24) is 9.78 Å². The zero-order chi connectivity index (χ0) is 14.7. The number of aromatic nitrogens is 2. The number of hydrogen-bond acceptors (Lipinski definition) is 2. The Labute approximate surface area is 124 Å². The Morgan fingerprint density at radius 2 is 1.71 bits per heavy atom. The summed E-state index contributed by atoms with van der Waals surface area (Å²) in [4.78, 5) is 0. The lowest BCUT2D eigenvalue weighted by atomic mass is 10.1. The summed E-state index contributed by atoms with van der Waals surface area (Å²) in [5.41, 5.74) is 4.03. The Morgan fingerprint density at radius 3 is 2.48 bits per heavy atom. The number of rotatable bonds is 4. The van der Waals surface area contributed by atoms with Gasteiger partial charge in [-0.1, -0.05) is 55.5 Å². The summed E-state index contributed by atoms with van der Waals surface area (Å²) in [6.45, 7) is 1.97. The van der Waals surface area contributed by atoms with Gasteiger partial charge in [-0.05, 0) is 18.1 Å². The summed E-state index contributed by atoms with van der Waals surface area (Å²) < 4.78 is 1.83. The maximum absolute atomic E-state index is 10.2. The molecule has 0 spiro atoms. The van der Waals surface area contributed by atoms with Crippen molar-refractivity contribution in [2.45, 2.75) is 19.4 Å². The molecular formula is C18H18N2O. The Hall–Kier alpha value is -2.39. The van der Waals surface area contributed by atoms with Gasteiger partial charge < -0.3 is 5.11 Å². The van der Waals surface area contributed by atoms with Gasteiger partial charge >= 0.3 is 0 Å². The molecule has 0 aliphatic heterocycles. The Kier molecular flexibility index (Phi) is 3.84. The molecule has 1 unspecified atom stereocenters. The first-order chi connectivity index (χ1) is 10.3. The molecule has 1 aromatic heterocycles. The van der Waals surface area contributed by atoms with E-state index in [-0.39, 0.29) is 0 Å². The van der Waals surface area contributed by atoms with E-state index in [2.05, 4.69) is 17.2 Å². The summed E-state index contributed by atoms with van der Waals surface area (Å²) >= 11 is 0. The lowest BCUT2D eigenvalue weighted by Crippen LogP contribution is -2.04. The average molecular weight is 278 g/mol. The van der Waals surface area contributed by atoms with Crippen molar-refractivity contribution in [3.8, 4) is 16.8 Å². The van der Waals surface area contributed by atoms with Crippen LogP contribution in [0, 0.1) is 0 Å². The first-order valence-electron chi connectivity index (χ1n) is 7.17. The molecule has 0 bridgehead atoms. The molecule has 0 fully saturated rings. The normalized spacial score (nSPS) is 12.3. The van der Waals surface area contributed by atoms with Crippen LogP contribution in [-0.2, 0) is 0 Å². The van der Waals surface area contributed by atoms with Crippen molar-refractivity contribution in [3.63, 3.8) is 0 Å². The highest BCUT2D eigenvalue weighted by molar-refractivity contribution is 5.62. The average Bonchev–Trinajstić information content (AvgIpc) is 3.05. The van der Waals surface area contributed by atoms with Crippen LogP contribution in [0.2, 0.25) is 0 Å². The van der Waals surface area contributed by atoms with Gasteiger partial charge in [0.1, 0.15) is 0 Å². The monoisotopic (exact) mass is 278 g/mol. The first kappa shape index (κ1) is 13.6. The third-order valence-corrected chi connectivity index (χ3v) is 3.62. The Bertz CT molecular complexity index is 719. The van der Waals surface area contributed by atoms with Crippen LogP contribution < -0.4 is 0 Å². The Morgan fingerprint density at radius 1 is 1.00 bits per heavy atom. The molecule has 3 aromatic rings. The molecule has 0 saturated carbocycles. The molecule has 21 heavy (non-hydrogen) atoms. The van der Waals surface area contributed by atoms with Gasteiger partial charge in [0.15, 0.2) is 0 Å². The molecule has 0 aliphatic carbocycles. The molecule has 2 aromatic carbocycles. The minimum atomic E-state index is -0.467. The van der Waals surface area contributed by atoms with E-state index >= 15 is 0 Å². The number of aliphatic hydroxyl groups excluding tert-OH is 1. The van der Waals surface area contributed by atoms with Gasteiger partial charge in [-0.3, -0.25) is 0 Å². The molecule has 0 amide bonds. The predicted molar refractivity (Wildman–Crippen MR) is 84.3 cm³/mol. The van der Waals surface area contributed by atoms with Crippen molar-refractivity contribution in [1.29, 1.82) is 0 Å². The molecule has 0 saturated heterocycles. The van der Waals surface area contributed by atoms with Gasteiger partial charge in [0.25, 0.3) is 0 Å². The maximum Gasteiger partial charge on any atom is 0.0808 e. The number of para-hydroxylation sites is 1. The lowest BCUT2D eigenvalue weighted by molar-refractivity contribution is 0.173. The zero-order valence-electron chi connectivity index (χ0n) is 12.0. The minimum absolute atomic E-state index is 0.467. The van der Waals surface area contributed by atoms with Crippen LogP contribution in [0.1, 0.15) is 25.0 Å². The highest BCUT2D eigenvalue weighted by Gasteiger charge is 2.12. The fourth-order valence-electron chi connectivity index (χ4n) is 2.43. The summed E-state index contributed by atoms with van der Waals surface area (Å²) in [6, 6.07) is 18.0. The highest BCUT2D eigenvalue weighted by atomic mass is 16.3. The zero-order valence-corrected chi connectivity index (χ0v) is 12.0. The van der Waals surface area contributed by atoms with Gasteiger partial charge in [-0.25, -0.2) is 4.68 Å². The van der Waals surface area contributed by atoms with Crippen LogP contribution in [0.4, 0.5) is 0 Å². The fourth-order valence-corrected chi connectivity index (χ4v) is 2.43. The topological polar surface area (TPSA) is 38.0 Å². The van der Waals surface area contributed by atoms with Crippen molar-refractivity contribution in [3.05, 3.63) is 72.6 Å². The molecule has 1 heterocycles. The van der Waals surface area contributed by atoms with E-state index < -0.39 is 6.10 Å². The van der Waals surface area contributed by atoms with Gasteiger partial charge in [-0.15, -0.1) is 0 Å². The fraction of sp³-hybridized carbons (Fsp3) is 0.167. The van der Waals surface area contributed by atoms with E-state index in [4.69, 9.17) is 0 Å². The largest absolute Gasteiger partial charge is 0.388 e. The maximum atomic E-state index is 10.2. The second-order valence-corrected chi connectivity index (χ2v) is 5.02. The lowest BCUT2D eigenvalue weighted by Gasteiger charge is -2.13. The van der Waals surface area contributed by atoms with Crippen LogP contribution >= 0.6 is 0 Å². The van der Waals surface area contributed by atoms with Gasteiger partial charge in [0, 0.05) is 17.3 Å². The number of hydrogen-bond donors (Lipinski definition) is 1. The smallest absolute Gasteiger partial charge is 0.0808 e. The molecular weight excluding hydrogens is 260 g/mol. The second-order valence-electron chi connectivity index (χ2n) is 5.02. The van der Waals surface area contributed by atoms with Gasteiger partial charge in [0.2, 0.25) is 0 Å². The van der Waals surface area contributed by atoms with E-state index in [0.29, 0.717) is 6.42 Å². The van der Waals surface area contributed by atoms with E-state index in [1.54, 1.807) is 0 Å². The molecule has 106 valence electrons. The molecule has 3 nitrogen and oxygen atoms in total. The highest BCUT2D eigenvalue weighted by Crippen LogP contribution is 2.25. The van der Waals surface area contributed by atoms with Crippen molar-refractivity contribution >= 4 is 0 Å². The van der Waals surface area contributed by atoms with Crippen molar-refractivity contribution in [2.24, 2.45) is 0 Å². The number of nitrogens with zero attached hydrogens (tertiary/aromatic N) is 2. The van der Waals surface area contributed by atoms with E-state index in [9.17, 15) is 5.11 Å². The molecule has 1 atom stereocenters. The van der Waals surface area contributed by atoms with E-state index in [0.717, 1.165) is 22.4 Å². The molecule has 1 N–H and O–H groups in total. The SMILES string of the molecule is CCC(O)c1ccccc1-n1cc(-c2ccccc2)cn1. The molecule has 0 radical (unpaired) electrons. The first-order valence-corrected chi connectivity index (χ1v) is 7.17. The third kappa shape index (κ3) is 2.73. The van der Waals surface area contributed by atoms with Crippen LogP contribution in [0.5, 0.6) is 0 Å². The van der Waals surface area contributed by atoms with Gasteiger partial charge in [-0.2, -0.15) is 5.10 Å². The van der Waals surface area contributed by atoms with E-state index in [1.165, 1.54) is 0 Å². The van der Waals surface area contributed by atoms with Crippen LogP contribution in [0.3, 0.4) is 0 Å². The van der Waals surface area contributed by atoms with Crippen molar-refractivity contribution < 1.29 is 5.11 Å². The van der Waals surface area contributed by atoms with Crippen LogP contribution in [0.15, 0.2) is 67.0 Å². The van der Waals surface area contributed by atoms with Crippen LogP contribution in [-0.4, -0.2) is 14.9 Å². The predicted octanol–water partition coefficient (Wildman–Crippen LogP) is 3.98. The molecule has 3 heteroatoms. The molecule has 3 rings (SSSR count). The van der Waals surface area contributed by atoms with E-state index in [1.807, 2.05) is 66.5 Å². The second kappa shape index (κ2) is 5.94. The summed E-state index contributed by atoms with van der Waals surface area (Å²) in [6.07, 6.45) is 4.07. The number of aliphatic hydroxyl groups is 1. The summed E-state index contributed by atoms with van der Waals surface area (Å²) in [5, 5.41) is 14.6. The standard InChI is InChI=1S/C18H18N2O/c1-2-18(21)16-10-6-7-11-17(16)20-13-15(12-19-20)14-8-4-3-5-9-14/h3-13,18,21H,2H2,1H3. The van der Waals surface area contributed by atoms with Gasteiger partial charge in [0.05, 0.1) is 18.0 Å². The summed E-state index contributed by atoms with van der Waals surface area (Å²) in [5.74, 6) is 0. The molecule has 0 aliphatic rings. The van der Waals surface area contributed by atoms with Crippen LogP contribution in [0.25, 0.3) is 16.8 Å². The van der Waals surface area contributed by atoms with Crippen molar-refractivity contribution in [2.75, 3.05) is 0 Å². The number of benzene rings is 2.